The number of carbonyl (C=O) groups excluding carboxylic acids is 1. The number of halogens is 1. The molecule has 0 aromatic rings. The van der Waals surface area contributed by atoms with E-state index in [4.69, 9.17) is 10.5 Å². The van der Waals surface area contributed by atoms with E-state index < -0.39 is 0 Å². The van der Waals surface area contributed by atoms with Crippen molar-refractivity contribution in [2.75, 3.05) is 13.2 Å². The van der Waals surface area contributed by atoms with Gasteiger partial charge in [0.05, 0.1) is 12.6 Å². The molecule has 5 heteroatoms. The lowest BCUT2D eigenvalue weighted by atomic mass is 9.83. The van der Waals surface area contributed by atoms with Crippen molar-refractivity contribution in [3.8, 4) is 0 Å². The molecule has 1 amide bonds. The lowest BCUT2D eigenvalue weighted by Gasteiger charge is -2.29. The Morgan fingerprint density at radius 2 is 2.00 bits per heavy atom. The van der Waals surface area contributed by atoms with E-state index in [0.29, 0.717) is 18.9 Å². The Morgan fingerprint density at radius 3 is 2.67 bits per heavy atom. The smallest absolute Gasteiger partial charge is 0.220 e. The van der Waals surface area contributed by atoms with Gasteiger partial charge in [-0.25, -0.2) is 0 Å². The summed E-state index contributed by atoms with van der Waals surface area (Å²) in [7, 11) is 0. The highest BCUT2D eigenvalue weighted by molar-refractivity contribution is 5.85. The van der Waals surface area contributed by atoms with Crippen molar-refractivity contribution in [2.45, 2.75) is 57.0 Å². The zero-order chi connectivity index (χ0) is 12.1. The van der Waals surface area contributed by atoms with Crippen LogP contribution in [0.3, 0.4) is 0 Å². The van der Waals surface area contributed by atoms with E-state index in [2.05, 4.69) is 5.32 Å². The van der Waals surface area contributed by atoms with Gasteiger partial charge in [-0.2, -0.15) is 0 Å². The standard InChI is InChI=1S/C13H24N2O2.ClH/c14-12-6-2-1-4-10(12)8-13(16)15-11-5-3-7-17-9-11;/h10-12H,1-9,14H2,(H,15,16);1H. The van der Waals surface area contributed by atoms with Crippen molar-refractivity contribution < 1.29 is 9.53 Å². The van der Waals surface area contributed by atoms with E-state index in [9.17, 15) is 4.79 Å². The molecule has 0 aromatic heterocycles. The summed E-state index contributed by atoms with van der Waals surface area (Å²) in [4.78, 5) is 11.9. The van der Waals surface area contributed by atoms with E-state index in [0.717, 1.165) is 32.3 Å². The zero-order valence-corrected chi connectivity index (χ0v) is 11.7. The highest BCUT2D eigenvalue weighted by Crippen LogP contribution is 2.25. The fourth-order valence-electron chi connectivity index (χ4n) is 2.87. The molecule has 1 aliphatic carbocycles. The molecule has 0 aromatic carbocycles. The maximum Gasteiger partial charge on any atom is 0.220 e. The van der Waals surface area contributed by atoms with E-state index in [1.165, 1.54) is 12.8 Å². The summed E-state index contributed by atoms with van der Waals surface area (Å²) in [5.41, 5.74) is 6.06. The van der Waals surface area contributed by atoms with Gasteiger partial charge < -0.3 is 15.8 Å². The molecule has 2 rings (SSSR count). The lowest BCUT2D eigenvalue weighted by molar-refractivity contribution is -0.124. The maximum atomic E-state index is 11.9. The highest BCUT2D eigenvalue weighted by Gasteiger charge is 2.25. The SMILES string of the molecule is Cl.NC1CCCCC1CC(=O)NC1CCCOC1. The summed E-state index contributed by atoms with van der Waals surface area (Å²) in [6, 6.07) is 0.438. The molecule has 0 bridgehead atoms. The second-order valence-electron chi connectivity index (χ2n) is 5.39. The Hall–Kier alpha value is -0.320. The Labute approximate surface area is 115 Å². The summed E-state index contributed by atoms with van der Waals surface area (Å²) in [5.74, 6) is 0.538. The molecule has 2 fully saturated rings. The van der Waals surface area contributed by atoms with Gasteiger partial charge in [-0.3, -0.25) is 4.79 Å². The maximum absolute atomic E-state index is 11.9. The lowest BCUT2D eigenvalue weighted by Crippen LogP contribution is -2.43. The molecule has 1 saturated carbocycles. The predicted molar refractivity (Wildman–Crippen MR) is 73.8 cm³/mol. The van der Waals surface area contributed by atoms with Gasteiger partial charge in [-0.1, -0.05) is 12.8 Å². The minimum Gasteiger partial charge on any atom is -0.379 e. The molecule has 2 aliphatic rings. The first-order valence-electron chi connectivity index (χ1n) is 6.88. The average Bonchev–Trinajstić information content (AvgIpc) is 2.33. The minimum atomic E-state index is 0. The molecule has 3 unspecified atom stereocenters. The van der Waals surface area contributed by atoms with E-state index in [1.54, 1.807) is 0 Å². The molecular weight excluding hydrogens is 252 g/mol. The average molecular weight is 277 g/mol. The minimum absolute atomic E-state index is 0. The Bertz CT molecular complexity index is 257. The first-order chi connectivity index (χ1) is 8.25. The number of hydrogen-bond acceptors (Lipinski definition) is 3. The van der Waals surface area contributed by atoms with Gasteiger partial charge in [0.25, 0.3) is 0 Å². The van der Waals surface area contributed by atoms with Crippen LogP contribution in [-0.2, 0) is 9.53 Å². The first kappa shape index (κ1) is 15.7. The third-order valence-electron chi connectivity index (χ3n) is 3.94. The Balaban J connectivity index is 0.00000162. The molecule has 1 heterocycles. The number of ether oxygens (including phenoxy) is 1. The monoisotopic (exact) mass is 276 g/mol. The van der Waals surface area contributed by atoms with Crippen LogP contribution in [0.15, 0.2) is 0 Å². The molecule has 0 spiro atoms. The van der Waals surface area contributed by atoms with Gasteiger partial charge in [0, 0.05) is 19.1 Å². The van der Waals surface area contributed by atoms with E-state index in [1.807, 2.05) is 0 Å². The Kier molecular flexibility index (Phi) is 6.97. The summed E-state index contributed by atoms with van der Waals surface area (Å²) in [6.45, 7) is 1.50. The van der Waals surface area contributed by atoms with Gasteiger partial charge in [0.1, 0.15) is 0 Å². The van der Waals surface area contributed by atoms with Crippen LogP contribution in [0.25, 0.3) is 0 Å². The van der Waals surface area contributed by atoms with Gasteiger partial charge in [0.2, 0.25) is 5.91 Å². The first-order valence-corrected chi connectivity index (χ1v) is 6.88. The van der Waals surface area contributed by atoms with Gasteiger partial charge in [-0.05, 0) is 31.6 Å². The highest BCUT2D eigenvalue weighted by atomic mass is 35.5. The number of rotatable bonds is 3. The molecule has 4 nitrogen and oxygen atoms in total. The van der Waals surface area contributed by atoms with Crippen molar-refractivity contribution in [1.29, 1.82) is 0 Å². The topological polar surface area (TPSA) is 64.4 Å². The second kappa shape index (κ2) is 7.97. The van der Waals surface area contributed by atoms with E-state index in [-0.39, 0.29) is 30.4 Å². The second-order valence-corrected chi connectivity index (χ2v) is 5.39. The van der Waals surface area contributed by atoms with Crippen LogP contribution in [0.2, 0.25) is 0 Å². The van der Waals surface area contributed by atoms with Crippen LogP contribution in [0.4, 0.5) is 0 Å². The summed E-state index contributed by atoms with van der Waals surface area (Å²) >= 11 is 0. The van der Waals surface area contributed by atoms with Gasteiger partial charge >= 0.3 is 0 Å². The van der Waals surface area contributed by atoms with Crippen molar-refractivity contribution in [2.24, 2.45) is 11.7 Å². The number of nitrogens with one attached hydrogen (secondary N) is 1. The van der Waals surface area contributed by atoms with Crippen LogP contribution >= 0.6 is 12.4 Å². The van der Waals surface area contributed by atoms with Gasteiger partial charge in [0.15, 0.2) is 0 Å². The molecular formula is C13H25ClN2O2. The summed E-state index contributed by atoms with van der Waals surface area (Å²) < 4.78 is 5.35. The summed E-state index contributed by atoms with van der Waals surface area (Å²) in [6.07, 6.45) is 7.31. The van der Waals surface area contributed by atoms with E-state index >= 15 is 0 Å². The summed E-state index contributed by atoms with van der Waals surface area (Å²) in [5, 5.41) is 3.07. The Morgan fingerprint density at radius 1 is 1.22 bits per heavy atom. The predicted octanol–water partition coefficient (Wildman–Crippen LogP) is 1.61. The third kappa shape index (κ3) is 4.75. The largest absolute Gasteiger partial charge is 0.379 e. The zero-order valence-electron chi connectivity index (χ0n) is 10.9. The molecule has 106 valence electrons. The number of hydrogen-bond donors (Lipinski definition) is 2. The van der Waals surface area contributed by atoms with Crippen LogP contribution in [0.5, 0.6) is 0 Å². The fraction of sp³-hybridized carbons (Fsp3) is 0.923. The normalized spacial score (nSPS) is 32.4. The van der Waals surface area contributed by atoms with Crippen molar-refractivity contribution in [1.82, 2.24) is 5.32 Å². The third-order valence-corrected chi connectivity index (χ3v) is 3.94. The van der Waals surface area contributed by atoms with Crippen LogP contribution in [0, 0.1) is 5.92 Å². The fourth-order valence-corrected chi connectivity index (χ4v) is 2.87. The molecule has 1 saturated heterocycles. The number of nitrogens with two attached hydrogens (primary N) is 1. The van der Waals surface area contributed by atoms with Crippen LogP contribution in [-0.4, -0.2) is 31.2 Å². The van der Waals surface area contributed by atoms with Gasteiger partial charge in [-0.15, -0.1) is 12.4 Å². The molecule has 18 heavy (non-hydrogen) atoms. The molecule has 0 radical (unpaired) electrons. The van der Waals surface area contributed by atoms with Crippen molar-refractivity contribution >= 4 is 18.3 Å². The number of carbonyl (C=O) groups is 1. The van der Waals surface area contributed by atoms with Crippen LogP contribution < -0.4 is 11.1 Å². The molecule has 3 atom stereocenters. The molecule has 3 N–H and O–H groups in total. The number of amides is 1. The van der Waals surface area contributed by atoms with Crippen molar-refractivity contribution in [3.05, 3.63) is 0 Å². The van der Waals surface area contributed by atoms with Crippen molar-refractivity contribution in [3.63, 3.8) is 0 Å². The quantitative estimate of drug-likeness (QED) is 0.823. The van der Waals surface area contributed by atoms with Crippen LogP contribution in [0.1, 0.15) is 44.9 Å². The molecule has 1 aliphatic heterocycles.